The van der Waals surface area contributed by atoms with Gasteiger partial charge in [-0.3, -0.25) is 0 Å². The molecule has 2 aromatic rings. The molecule has 2 aromatic carbocycles. The third-order valence-corrected chi connectivity index (χ3v) is 4.48. The number of azide groups is 2. The number of hydrogen-bond donors (Lipinski definition) is 1. The van der Waals surface area contributed by atoms with Crippen LogP contribution in [0, 0.1) is 0 Å². The minimum Gasteiger partial charge on any atom is -0.390 e. The molecule has 0 saturated carbocycles. The molecule has 0 bridgehead atoms. The Morgan fingerprint density at radius 1 is 0.889 bits per heavy atom. The summed E-state index contributed by atoms with van der Waals surface area (Å²) < 4.78 is 37.6. The van der Waals surface area contributed by atoms with Crippen molar-refractivity contribution in [2.45, 2.75) is 44.9 Å². The highest BCUT2D eigenvalue weighted by atomic mass is 19.3. The Kier molecular flexibility index (Phi) is 16.7. The van der Waals surface area contributed by atoms with Gasteiger partial charge in [0.1, 0.15) is 12.2 Å². The number of hydrogen-bond acceptors (Lipinski definition) is 5. The molecule has 194 valence electrons. The fraction of sp³-hybridized carbons (Fsp3) is 0.360. The summed E-state index contributed by atoms with van der Waals surface area (Å²) in [7, 11) is 0. The van der Waals surface area contributed by atoms with E-state index in [0.29, 0.717) is 6.61 Å². The summed E-state index contributed by atoms with van der Waals surface area (Å²) in [5.74, 6) is -3.26. The maximum Gasteiger partial charge on any atom is 0.282 e. The minimum atomic E-state index is -3.26. The van der Waals surface area contributed by atoms with Crippen LogP contribution < -0.4 is 0 Å². The zero-order valence-electron chi connectivity index (χ0n) is 19.1. The van der Waals surface area contributed by atoms with Crippen LogP contribution in [0.15, 0.2) is 96.2 Å². The van der Waals surface area contributed by atoms with Gasteiger partial charge in [0.05, 0.1) is 32.4 Å². The Morgan fingerprint density at radius 2 is 1.39 bits per heavy atom. The average molecular weight is 503 g/mol. The highest BCUT2D eigenvalue weighted by Crippen LogP contribution is 2.24. The lowest BCUT2D eigenvalue weighted by Crippen LogP contribution is -2.36. The van der Waals surface area contributed by atoms with Gasteiger partial charge in [0.25, 0.3) is 5.92 Å². The van der Waals surface area contributed by atoms with Gasteiger partial charge < -0.3 is 14.6 Å². The lowest BCUT2D eigenvalue weighted by molar-refractivity contribution is -0.113. The summed E-state index contributed by atoms with van der Waals surface area (Å²) in [6, 6.07) is 18.6. The molecule has 0 saturated heterocycles. The summed E-state index contributed by atoms with van der Waals surface area (Å²) in [5.41, 5.74) is 18.0. The van der Waals surface area contributed by atoms with E-state index in [-0.39, 0.29) is 20.6 Å². The molecule has 0 aliphatic rings. The lowest BCUT2D eigenvalue weighted by Gasteiger charge is -2.22. The molecule has 3 atom stereocenters. The highest BCUT2D eigenvalue weighted by Gasteiger charge is 2.37. The predicted octanol–water partition coefficient (Wildman–Crippen LogP) is 6.77. The third kappa shape index (κ3) is 12.7. The summed E-state index contributed by atoms with van der Waals surface area (Å²) >= 11 is 0. The Labute approximate surface area is 209 Å². The molecule has 0 radical (unpaired) electrons. The first-order valence-electron chi connectivity index (χ1n) is 10.5. The quantitative estimate of drug-likeness (QED) is 0.132. The summed E-state index contributed by atoms with van der Waals surface area (Å²) in [6.45, 7) is 6.34. The molecule has 36 heavy (non-hydrogen) atoms. The van der Waals surface area contributed by atoms with Gasteiger partial charge in [-0.05, 0) is 22.2 Å². The normalized spacial score (nSPS) is 12.6. The number of alkyl halides is 2. The van der Waals surface area contributed by atoms with Crippen LogP contribution in [0.2, 0.25) is 0 Å². The van der Waals surface area contributed by atoms with E-state index in [2.05, 4.69) is 33.2 Å². The molecule has 9 nitrogen and oxygen atoms in total. The first kappa shape index (κ1) is 32.3. The van der Waals surface area contributed by atoms with Crippen molar-refractivity contribution in [2.75, 3.05) is 13.1 Å². The number of nitrogens with zero attached hydrogens (tertiary/aromatic N) is 6. The van der Waals surface area contributed by atoms with E-state index in [1.165, 1.54) is 6.08 Å². The van der Waals surface area contributed by atoms with Crippen molar-refractivity contribution in [1.82, 2.24) is 0 Å². The van der Waals surface area contributed by atoms with E-state index in [4.69, 9.17) is 20.5 Å². The van der Waals surface area contributed by atoms with Gasteiger partial charge in [0, 0.05) is 9.82 Å². The molecule has 0 aliphatic carbocycles. The van der Waals surface area contributed by atoms with Crippen molar-refractivity contribution >= 4 is 0 Å². The van der Waals surface area contributed by atoms with Gasteiger partial charge in [-0.2, -0.15) is 0 Å². The maximum absolute atomic E-state index is 13.5. The molecule has 0 fully saturated rings. The Bertz CT molecular complexity index is 982. The molecule has 0 aromatic heterocycles. The number of rotatable bonds is 14. The van der Waals surface area contributed by atoms with Crippen molar-refractivity contribution in [1.29, 1.82) is 0 Å². The van der Waals surface area contributed by atoms with Crippen molar-refractivity contribution in [3.63, 3.8) is 0 Å². The lowest BCUT2D eigenvalue weighted by atomic mass is 10.2. The first-order chi connectivity index (χ1) is 16.9. The topological polar surface area (TPSA) is 136 Å². The Balaban J connectivity index is 0.000000663. The van der Waals surface area contributed by atoms with Gasteiger partial charge in [0.2, 0.25) is 0 Å². The number of ether oxygens (including phenoxy) is 2. The Hall–Kier alpha value is -3.72. The summed E-state index contributed by atoms with van der Waals surface area (Å²) in [4.78, 5) is 4.90. The monoisotopic (exact) mass is 502 g/mol. The number of aliphatic hydroxyl groups excluding tert-OH is 1. The van der Waals surface area contributed by atoms with Gasteiger partial charge >= 0.3 is 0 Å². The van der Waals surface area contributed by atoms with Crippen LogP contribution in [-0.2, 0) is 22.7 Å². The standard InChI is InChI=1S/C12H13F2N3O.C12H15N3O2.CH4/c1-2-11(12(13,14)9-16-17-15)18-8-10-6-4-3-5-7-10;1-2-12(11(16)8-14-15-13)17-9-10-6-4-3-5-7-10;/h2-7,11H,1,8-9H2;2-7,11-12,16H,1,8-9H2;1H4/t11-;11-,12+;/m10./s1. The van der Waals surface area contributed by atoms with Gasteiger partial charge in [0.15, 0.2) is 0 Å². The predicted molar refractivity (Wildman–Crippen MR) is 136 cm³/mol. The van der Waals surface area contributed by atoms with Crippen LogP contribution in [-0.4, -0.2) is 42.4 Å². The maximum atomic E-state index is 13.5. The van der Waals surface area contributed by atoms with Crippen molar-refractivity contribution in [3.05, 3.63) is 118 Å². The second-order valence-corrected chi connectivity index (χ2v) is 7.08. The number of halogens is 2. The van der Waals surface area contributed by atoms with Crippen molar-refractivity contribution in [3.8, 4) is 0 Å². The van der Waals surface area contributed by atoms with Crippen molar-refractivity contribution in [2.24, 2.45) is 10.2 Å². The second kappa shape index (κ2) is 18.6. The number of aliphatic hydroxyl groups is 1. The zero-order chi connectivity index (χ0) is 25.9. The largest absolute Gasteiger partial charge is 0.390 e. The summed E-state index contributed by atoms with van der Waals surface area (Å²) in [6.07, 6.45) is -0.382. The Morgan fingerprint density at radius 3 is 1.83 bits per heavy atom. The van der Waals surface area contributed by atoms with Crippen LogP contribution in [0.1, 0.15) is 18.6 Å². The first-order valence-corrected chi connectivity index (χ1v) is 10.5. The van der Waals surface area contributed by atoms with Crippen LogP contribution in [0.25, 0.3) is 20.9 Å². The van der Waals surface area contributed by atoms with Gasteiger partial charge in [-0.1, -0.05) is 90.5 Å². The zero-order valence-corrected chi connectivity index (χ0v) is 19.1. The van der Waals surface area contributed by atoms with Crippen LogP contribution in [0.4, 0.5) is 8.78 Å². The molecule has 0 aliphatic heterocycles. The molecule has 1 N–H and O–H groups in total. The van der Waals surface area contributed by atoms with Crippen LogP contribution >= 0.6 is 0 Å². The van der Waals surface area contributed by atoms with Crippen LogP contribution in [0.3, 0.4) is 0 Å². The highest BCUT2D eigenvalue weighted by molar-refractivity contribution is 5.14. The summed E-state index contributed by atoms with van der Waals surface area (Å²) in [5, 5.41) is 15.8. The second-order valence-electron chi connectivity index (χ2n) is 7.08. The number of benzene rings is 2. The molecule has 0 spiro atoms. The molecule has 0 unspecified atom stereocenters. The van der Waals surface area contributed by atoms with E-state index in [1.807, 2.05) is 36.4 Å². The molecule has 2 rings (SSSR count). The van der Waals surface area contributed by atoms with Gasteiger partial charge in [-0.25, -0.2) is 8.78 Å². The smallest absolute Gasteiger partial charge is 0.282 e. The molecular formula is C25H32F2N6O3. The average Bonchev–Trinajstić information content (AvgIpc) is 2.88. The molecule has 0 heterocycles. The molecule has 0 amide bonds. The van der Waals surface area contributed by atoms with E-state index >= 15 is 0 Å². The third-order valence-electron chi connectivity index (χ3n) is 4.48. The van der Waals surface area contributed by atoms with E-state index in [9.17, 15) is 13.9 Å². The molecular weight excluding hydrogens is 470 g/mol. The van der Waals surface area contributed by atoms with Crippen LogP contribution in [0.5, 0.6) is 0 Å². The van der Waals surface area contributed by atoms with E-state index in [1.54, 1.807) is 24.3 Å². The fourth-order valence-corrected chi connectivity index (χ4v) is 2.67. The van der Waals surface area contributed by atoms with Gasteiger partial charge in [-0.15, -0.1) is 13.2 Å². The molecule has 11 heteroatoms. The fourth-order valence-electron chi connectivity index (χ4n) is 2.67. The van der Waals surface area contributed by atoms with E-state index < -0.39 is 30.8 Å². The SMILES string of the molecule is C.C=C[C@@H](OCc1ccccc1)C(F)(F)CN=[N+]=[N-].C=C[C@@H](OCc1ccccc1)[C@@H](O)CN=[N+]=[N-]. The van der Waals surface area contributed by atoms with E-state index in [0.717, 1.165) is 17.2 Å². The van der Waals surface area contributed by atoms with Crippen molar-refractivity contribution < 1.29 is 23.4 Å². The minimum absolute atomic E-state index is 0.